The van der Waals surface area contributed by atoms with Crippen molar-refractivity contribution >= 4 is 35.0 Å². The van der Waals surface area contributed by atoms with Crippen LogP contribution in [0, 0.1) is 0 Å². The number of halogens is 2. The van der Waals surface area contributed by atoms with Gasteiger partial charge in [-0.3, -0.25) is 0 Å². The number of likely N-dealkylation sites (N-methyl/N-ethyl adjacent to an activating group) is 1. The summed E-state index contributed by atoms with van der Waals surface area (Å²) in [5.41, 5.74) is 1.15. The first-order valence-electron chi connectivity index (χ1n) is 5.36. The summed E-state index contributed by atoms with van der Waals surface area (Å²) in [6.07, 6.45) is 0.944. The smallest absolute Gasteiger partial charge is 0.0453 e. The zero-order chi connectivity index (χ0) is 12.0. The fourth-order valence-electron chi connectivity index (χ4n) is 1.46. The molecule has 0 spiro atoms. The monoisotopic (exact) mass is 277 g/mol. The van der Waals surface area contributed by atoms with Crippen LogP contribution in [0.4, 0.5) is 0 Å². The van der Waals surface area contributed by atoms with Gasteiger partial charge in [0.15, 0.2) is 0 Å². The standard InChI is InChI=1S/C12H17Cl2NS/c1-3-16-8-11(15-2)6-9-4-5-10(13)7-12(9)14/h4-5,7,11,15H,3,6,8H2,1-2H3. The molecule has 4 heteroatoms. The predicted octanol–water partition coefficient (Wildman–Crippen LogP) is 3.88. The van der Waals surface area contributed by atoms with Crippen molar-refractivity contribution in [2.45, 2.75) is 19.4 Å². The van der Waals surface area contributed by atoms with Gasteiger partial charge in [-0.15, -0.1) is 0 Å². The second-order valence-electron chi connectivity index (χ2n) is 3.58. The summed E-state index contributed by atoms with van der Waals surface area (Å²) in [6, 6.07) is 6.16. The molecule has 1 aromatic rings. The zero-order valence-electron chi connectivity index (χ0n) is 9.59. The molecule has 1 atom stereocenters. The molecule has 0 saturated heterocycles. The summed E-state index contributed by atoms with van der Waals surface area (Å²) < 4.78 is 0. The van der Waals surface area contributed by atoms with E-state index < -0.39 is 0 Å². The third-order valence-corrected chi connectivity index (χ3v) is 4.05. The van der Waals surface area contributed by atoms with Crippen molar-refractivity contribution < 1.29 is 0 Å². The van der Waals surface area contributed by atoms with E-state index in [1.807, 2.05) is 30.9 Å². The fraction of sp³-hybridized carbons (Fsp3) is 0.500. The van der Waals surface area contributed by atoms with Gasteiger partial charge in [-0.25, -0.2) is 0 Å². The summed E-state index contributed by atoms with van der Waals surface area (Å²) >= 11 is 13.9. The van der Waals surface area contributed by atoms with Gasteiger partial charge in [-0.1, -0.05) is 36.2 Å². The summed E-state index contributed by atoms with van der Waals surface area (Å²) in [5.74, 6) is 2.25. The lowest BCUT2D eigenvalue weighted by atomic mass is 10.1. The first-order chi connectivity index (χ1) is 7.67. The lowest BCUT2D eigenvalue weighted by Gasteiger charge is -2.16. The van der Waals surface area contributed by atoms with E-state index in [1.165, 1.54) is 0 Å². The average molecular weight is 278 g/mol. The van der Waals surface area contributed by atoms with Gasteiger partial charge < -0.3 is 5.32 Å². The molecule has 90 valence electrons. The zero-order valence-corrected chi connectivity index (χ0v) is 11.9. The van der Waals surface area contributed by atoms with Crippen molar-refractivity contribution in [1.82, 2.24) is 5.32 Å². The minimum atomic E-state index is 0.462. The highest BCUT2D eigenvalue weighted by molar-refractivity contribution is 7.99. The number of nitrogens with one attached hydrogen (secondary N) is 1. The fourth-order valence-corrected chi connectivity index (χ4v) is 2.75. The minimum absolute atomic E-state index is 0.462. The Morgan fingerprint density at radius 2 is 2.12 bits per heavy atom. The Morgan fingerprint density at radius 1 is 1.38 bits per heavy atom. The van der Waals surface area contributed by atoms with Crippen LogP contribution in [-0.4, -0.2) is 24.6 Å². The first-order valence-corrected chi connectivity index (χ1v) is 7.27. The molecule has 16 heavy (non-hydrogen) atoms. The van der Waals surface area contributed by atoms with Crippen LogP contribution in [0.2, 0.25) is 10.0 Å². The van der Waals surface area contributed by atoms with Gasteiger partial charge >= 0.3 is 0 Å². The molecule has 0 amide bonds. The van der Waals surface area contributed by atoms with Crippen molar-refractivity contribution in [3.8, 4) is 0 Å². The van der Waals surface area contributed by atoms with Crippen molar-refractivity contribution in [1.29, 1.82) is 0 Å². The third-order valence-electron chi connectivity index (χ3n) is 2.41. The first kappa shape index (κ1) is 14.2. The van der Waals surface area contributed by atoms with Crippen molar-refractivity contribution in [2.24, 2.45) is 0 Å². The van der Waals surface area contributed by atoms with E-state index in [0.717, 1.165) is 28.5 Å². The molecule has 0 aliphatic rings. The summed E-state index contributed by atoms with van der Waals surface area (Å²) in [5, 5.41) is 4.77. The lowest BCUT2D eigenvalue weighted by molar-refractivity contribution is 0.617. The molecule has 1 N–H and O–H groups in total. The highest BCUT2D eigenvalue weighted by Gasteiger charge is 2.09. The van der Waals surface area contributed by atoms with E-state index >= 15 is 0 Å². The summed E-state index contributed by atoms with van der Waals surface area (Å²) in [7, 11) is 1.99. The van der Waals surface area contributed by atoms with Gasteiger partial charge in [-0.05, 0) is 36.9 Å². The van der Waals surface area contributed by atoms with Crippen LogP contribution in [-0.2, 0) is 6.42 Å². The molecule has 0 fully saturated rings. The Morgan fingerprint density at radius 3 is 2.69 bits per heavy atom. The number of benzene rings is 1. The number of rotatable bonds is 6. The van der Waals surface area contributed by atoms with Crippen LogP contribution in [0.15, 0.2) is 18.2 Å². The molecular formula is C12H17Cl2NS. The largest absolute Gasteiger partial charge is 0.316 e. The van der Waals surface area contributed by atoms with E-state index in [4.69, 9.17) is 23.2 Å². The molecule has 0 aliphatic heterocycles. The Kier molecular flexibility index (Phi) is 6.59. The molecule has 0 radical (unpaired) electrons. The molecule has 1 aromatic carbocycles. The van der Waals surface area contributed by atoms with E-state index in [0.29, 0.717) is 11.1 Å². The Hall–Kier alpha value is 0.110. The van der Waals surface area contributed by atoms with Gasteiger partial charge in [0.25, 0.3) is 0 Å². The topological polar surface area (TPSA) is 12.0 Å². The molecule has 0 heterocycles. The maximum atomic E-state index is 6.15. The van der Waals surface area contributed by atoms with Crippen LogP contribution in [0.5, 0.6) is 0 Å². The maximum absolute atomic E-state index is 6.15. The van der Waals surface area contributed by atoms with Gasteiger partial charge in [-0.2, -0.15) is 11.8 Å². The number of thioether (sulfide) groups is 1. The van der Waals surface area contributed by atoms with Gasteiger partial charge in [0, 0.05) is 21.8 Å². The van der Waals surface area contributed by atoms with Gasteiger partial charge in [0.2, 0.25) is 0 Å². The predicted molar refractivity (Wildman–Crippen MR) is 76.0 cm³/mol. The molecular weight excluding hydrogens is 261 g/mol. The van der Waals surface area contributed by atoms with E-state index in [9.17, 15) is 0 Å². The number of hydrogen-bond donors (Lipinski definition) is 1. The SMILES string of the molecule is CCSCC(Cc1ccc(Cl)cc1Cl)NC. The van der Waals surface area contributed by atoms with E-state index in [1.54, 1.807) is 6.07 Å². The van der Waals surface area contributed by atoms with Crippen LogP contribution in [0.1, 0.15) is 12.5 Å². The van der Waals surface area contributed by atoms with Crippen molar-refractivity contribution in [2.75, 3.05) is 18.6 Å². The molecule has 1 unspecified atom stereocenters. The highest BCUT2D eigenvalue weighted by Crippen LogP contribution is 2.22. The quantitative estimate of drug-likeness (QED) is 0.847. The molecule has 1 rings (SSSR count). The Labute approximate surface area is 112 Å². The lowest BCUT2D eigenvalue weighted by Crippen LogP contribution is -2.30. The molecule has 0 bridgehead atoms. The highest BCUT2D eigenvalue weighted by atomic mass is 35.5. The second-order valence-corrected chi connectivity index (χ2v) is 5.75. The van der Waals surface area contributed by atoms with Crippen LogP contribution < -0.4 is 5.32 Å². The third kappa shape index (κ3) is 4.54. The molecule has 0 aromatic heterocycles. The average Bonchev–Trinajstić information content (AvgIpc) is 2.27. The molecule has 1 nitrogen and oxygen atoms in total. The van der Waals surface area contributed by atoms with E-state index in [-0.39, 0.29) is 0 Å². The minimum Gasteiger partial charge on any atom is -0.316 e. The molecule has 0 saturated carbocycles. The van der Waals surface area contributed by atoms with Crippen molar-refractivity contribution in [3.63, 3.8) is 0 Å². The van der Waals surface area contributed by atoms with Gasteiger partial charge in [0.05, 0.1) is 0 Å². The Bertz CT molecular complexity index is 331. The normalized spacial score (nSPS) is 12.8. The van der Waals surface area contributed by atoms with Gasteiger partial charge in [0.1, 0.15) is 0 Å². The second kappa shape index (κ2) is 7.44. The van der Waals surface area contributed by atoms with Crippen LogP contribution in [0.3, 0.4) is 0 Å². The van der Waals surface area contributed by atoms with Crippen LogP contribution in [0.25, 0.3) is 0 Å². The molecule has 0 aliphatic carbocycles. The van der Waals surface area contributed by atoms with Crippen LogP contribution >= 0.6 is 35.0 Å². The summed E-state index contributed by atoms with van der Waals surface area (Å²) in [6.45, 7) is 2.17. The Balaban J connectivity index is 2.62. The maximum Gasteiger partial charge on any atom is 0.0453 e. The summed E-state index contributed by atoms with van der Waals surface area (Å²) in [4.78, 5) is 0. The van der Waals surface area contributed by atoms with Crippen molar-refractivity contribution in [3.05, 3.63) is 33.8 Å². The van der Waals surface area contributed by atoms with E-state index in [2.05, 4.69) is 12.2 Å². The number of hydrogen-bond acceptors (Lipinski definition) is 2.